The monoisotopic (exact) mass is 382 g/mol. The number of nitrogens with one attached hydrogen (secondary N) is 2. The van der Waals surface area contributed by atoms with E-state index in [1.54, 1.807) is 36.4 Å². The lowest BCUT2D eigenvalue weighted by atomic mass is 9.98. The fourth-order valence-electron chi connectivity index (χ4n) is 3.68. The van der Waals surface area contributed by atoms with Crippen LogP contribution < -0.4 is 5.32 Å². The van der Waals surface area contributed by atoms with Gasteiger partial charge in [-0.3, -0.25) is 9.59 Å². The average Bonchev–Trinajstić information content (AvgIpc) is 3.09. The van der Waals surface area contributed by atoms with E-state index in [2.05, 4.69) is 22.4 Å². The fraction of sp³-hybridized carbons (Fsp3) is 0.120. The highest BCUT2D eigenvalue weighted by molar-refractivity contribution is 6.15. The van der Waals surface area contributed by atoms with Crippen molar-refractivity contribution in [3.05, 3.63) is 107 Å². The summed E-state index contributed by atoms with van der Waals surface area (Å²) < 4.78 is 0. The van der Waals surface area contributed by atoms with Crippen LogP contribution in [-0.4, -0.2) is 23.2 Å². The van der Waals surface area contributed by atoms with Crippen LogP contribution >= 0.6 is 0 Å². The van der Waals surface area contributed by atoms with Crippen molar-refractivity contribution in [2.24, 2.45) is 0 Å². The van der Waals surface area contributed by atoms with Crippen molar-refractivity contribution in [3.8, 4) is 0 Å². The molecule has 0 atom stereocenters. The van der Waals surface area contributed by atoms with Gasteiger partial charge in [0.2, 0.25) is 0 Å². The Balaban J connectivity index is 1.49. The number of para-hydroxylation sites is 1. The van der Waals surface area contributed by atoms with E-state index in [0.717, 1.165) is 17.6 Å². The molecule has 0 fully saturated rings. The Hall–Kier alpha value is -3.66. The van der Waals surface area contributed by atoms with E-state index < -0.39 is 0 Å². The molecule has 0 unspecified atom stereocenters. The SMILES string of the molecule is Cc1[nH]c2ccccc2c1CCNC(=O)c1ccccc1C(=O)c1ccccc1. The van der Waals surface area contributed by atoms with Crippen LogP contribution in [-0.2, 0) is 6.42 Å². The van der Waals surface area contributed by atoms with Crippen molar-refractivity contribution in [2.75, 3.05) is 6.54 Å². The Labute approximate surface area is 169 Å². The second-order valence-electron chi connectivity index (χ2n) is 7.02. The van der Waals surface area contributed by atoms with Gasteiger partial charge in [-0.25, -0.2) is 0 Å². The second-order valence-corrected chi connectivity index (χ2v) is 7.02. The van der Waals surface area contributed by atoms with Gasteiger partial charge in [-0.2, -0.15) is 0 Å². The van der Waals surface area contributed by atoms with E-state index in [-0.39, 0.29) is 11.7 Å². The lowest BCUT2D eigenvalue weighted by Gasteiger charge is -2.10. The van der Waals surface area contributed by atoms with Gasteiger partial charge in [0.15, 0.2) is 5.78 Å². The van der Waals surface area contributed by atoms with Gasteiger partial charge in [0.25, 0.3) is 5.91 Å². The van der Waals surface area contributed by atoms with Gasteiger partial charge in [0, 0.05) is 34.3 Å². The Morgan fingerprint density at radius 2 is 1.48 bits per heavy atom. The van der Waals surface area contributed by atoms with Gasteiger partial charge in [-0.15, -0.1) is 0 Å². The first kappa shape index (κ1) is 18.7. The molecule has 3 aromatic carbocycles. The molecule has 0 aliphatic heterocycles. The third kappa shape index (κ3) is 3.83. The third-order valence-corrected chi connectivity index (χ3v) is 5.14. The van der Waals surface area contributed by atoms with Crippen molar-refractivity contribution in [2.45, 2.75) is 13.3 Å². The number of aromatic amines is 1. The molecule has 1 amide bonds. The molecule has 4 aromatic rings. The maximum absolute atomic E-state index is 12.8. The molecular weight excluding hydrogens is 360 g/mol. The predicted octanol–water partition coefficient (Wildman–Crippen LogP) is 4.68. The number of carbonyl (C=O) groups excluding carboxylic acids is 2. The number of ketones is 1. The summed E-state index contributed by atoms with van der Waals surface area (Å²) in [6.07, 6.45) is 0.719. The van der Waals surface area contributed by atoms with Crippen LogP contribution in [0.4, 0.5) is 0 Å². The summed E-state index contributed by atoms with van der Waals surface area (Å²) in [5.41, 5.74) is 4.80. The zero-order valence-corrected chi connectivity index (χ0v) is 16.2. The van der Waals surface area contributed by atoms with Crippen LogP contribution in [0.1, 0.15) is 37.5 Å². The van der Waals surface area contributed by atoms with Gasteiger partial charge in [0.1, 0.15) is 0 Å². The van der Waals surface area contributed by atoms with Crippen LogP contribution in [0.3, 0.4) is 0 Å². The maximum atomic E-state index is 12.8. The normalized spacial score (nSPS) is 10.8. The molecule has 4 heteroatoms. The van der Waals surface area contributed by atoms with Gasteiger partial charge < -0.3 is 10.3 Å². The fourth-order valence-corrected chi connectivity index (χ4v) is 3.68. The zero-order valence-electron chi connectivity index (χ0n) is 16.2. The number of hydrogen-bond donors (Lipinski definition) is 2. The molecule has 0 aliphatic rings. The Bertz CT molecular complexity index is 1180. The molecule has 1 heterocycles. The van der Waals surface area contributed by atoms with E-state index >= 15 is 0 Å². The Morgan fingerprint density at radius 3 is 2.28 bits per heavy atom. The van der Waals surface area contributed by atoms with Crippen LogP contribution in [0, 0.1) is 6.92 Å². The molecule has 4 nitrogen and oxygen atoms in total. The topological polar surface area (TPSA) is 62.0 Å². The molecule has 2 N–H and O–H groups in total. The van der Waals surface area contributed by atoms with Crippen molar-refractivity contribution in [1.29, 1.82) is 0 Å². The number of aromatic nitrogens is 1. The van der Waals surface area contributed by atoms with Crippen LogP contribution in [0.25, 0.3) is 10.9 Å². The molecule has 0 saturated heterocycles. The number of fused-ring (bicyclic) bond motifs is 1. The van der Waals surface area contributed by atoms with Crippen molar-refractivity contribution < 1.29 is 9.59 Å². The van der Waals surface area contributed by atoms with Crippen LogP contribution in [0.5, 0.6) is 0 Å². The second kappa shape index (κ2) is 8.15. The minimum absolute atomic E-state index is 0.149. The minimum Gasteiger partial charge on any atom is -0.358 e. The smallest absolute Gasteiger partial charge is 0.252 e. The van der Waals surface area contributed by atoms with Gasteiger partial charge in [-0.1, -0.05) is 66.7 Å². The lowest BCUT2D eigenvalue weighted by molar-refractivity contribution is 0.0942. The number of amides is 1. The Kier molecular flexibility index (Phi) is 5.25. The highest BCUT2D eigenvalue weighted by atomic mass is 16.2. The molecule has 29 heavy (non-hydrogen) atoms. The standard InChI is InChI=1S/C25H22N2O2/c1-17-19(20-11-7-8-14-23(20)27-17)15-16-26-25(29)22-13-6-5-12-21(22)24(28)18-9-3-2-4-10-18/h2-14,27H,15-16H2,1H3,(H,26,29). The van der Waals surface area contributed by atoms with E-state index in [9.17, 15) is 9.59 Å². The number of rotatable bonds is 6. The lowest BCUT2D eigenvalue weighted by Crippen LogP contribution is -2.27. The number of hydrogen-bond acceptors (Lipinski definition) is 2. The van der Waals surface area contributed by atoms with Crippen molar-refractivity contribution in [3.63, 3.8) is 0 Å². The molecule has 0 radical (unpaired) electrons. The van der Waals surface area contributed by atoms with Gasteiger partial charge in [-0.05, 0) is 31.0 Å². The number of benzene rings is 3. The predicted molar refractivity (Wildman–Crippen MR) is 115 cm³/mol. The van der Waals surface area contributed by atoms with E-state index in [4.69, 9.17) is 0 Å². The summed E-state index contributed by atoms with van der Waals surface area (Å²) in [5.74, 6) is -0.383. The molecule has 144 valence electrons. The first-order chi connectivity index (χ1) is 14.1. The highest BCUT2D eigenvalue weighted by Crippen LogP contribution is 2.22. The number of aryl methyl sites for hydroxylation is 1. The highest BCUT2D eigenvalue weighted by Gasteiger charge is 2.18. The molecular formula is C25H22N2O2. The molecule has 0 saturated carbocycles. The number of carbonyl (C=O) groups is 2. The average molecular weight is 382 g/mol. The third-order valence-electron chi connectivity index (χ3n) is 5.14. The van der Waals surface area contributed by atoms with Gasteiger partial charge >= 0.3 is 0 Å². The van der Waals surface area contributed by atoms with Crippen molar-refractivity contribution in [1.82, 2.24) is 10.3 Å². The summed E-state index contributed by atoms with van der Waals surface area (Å²) in [4.78, 5) is 29.0. The first-order valence-electron chi connectivity index (χ1n) is 9.68. The first-order valence-corrected chi connectivity index (χ1v) is 9.68. The maximum Gasteiger partial charge on any atom is 0.252 e. The summed E-state index contributed by atoms with van der Waals surface area (Å²) in [5, 5.41) is 4.15. The van der Waals surface area contributed by atoms with E-state index in [1.165, 1.54) is 10.9 Å². The van der Waals surface area contributed by atoms with Crippen LogP contribution in [0.15, 0.2) is 78.9 Å². The quantitative estimate of drug-likeness (QED) is 0.476. The van der Waals surface area contributed by atoms with Gasteiger partial charge in [0.05, 0.1) is 5.56 Å². The molecule has 0 bridgehead atoms. The summed E-state index contributed by atoms with van der Waals surface area (Å²) in [7, 11) is 0. The zero-order chi connectivity index (χ0) is 20.2. The summed E-state index contributed by atoms with van der Waals surface area (Å²) in [6.45, 7) is 2.54. The largest absolute Gasteiger partial charge is 0.358 e. The van der Waals surface area contributed by atoms with E-state index in [0.29, 0.717) is 23.2 Å². The molecule has 0 aliphatic carbocycles. The Morgan fingerprint density at radius 1 is 0.828 bits per heavy atom. The summed E-state index contributed by atoms with van der Waals surface area (Å²) in [6, 6.07) is 24.1. The minimum atomic E-state index is -0.234. The van der Waals surface area contributed by atoms with Crippen LogP contribution in [0.2, 0.25) is 0 Å². The summed E-state index contributed by atoms with van der Waals surface area (Å²) >= 11 is 0. The molecule has 0 spiro atoms. The molecule has 1 aromatic heterocycles. The number of H-pyrrole nitrogens is 1. The van der Waals surface area contributed by atoms with Crippen molar-refractivity contribution >= 4 is 22.6 Å². The molecule has 4 rings (SSSR count). The van der Waals surface area contributed by atoms with E-state index in [1.807, 2.05) is 37.3 Å².